The van der Waals surface area contributed by atoms with Crippen LogP contribution in [0.4, 0.5) is 13.2 Å². The van der Waals surface area contributed by atoms with Crippen molar-refractivity contribution in [2.45, 2.75) is 18.6 Å². The van der Waals surface area contributed by atoms with E-state index in [1.165, 1.54) is 11.0 Å². The molecule has 24 heavy (non-hydrogen) atoms. The number of benzene rings is 1. The van der Waals surface area contributed by atoms with Gasteiger partial charge >= 0.3 is 12.1 Å². The Balaban J connectivity index is 1.78. The second kappa shape index (κ2) is 6.01. The molecule has 126 valence electrons. The van der Waals surface area contributed by atoms with Crippen molar-refractivity contribution < 1.29 is 27.9 Å². The van der Waals surface area contributed by atoms with Gasteiger partial charge < -0.3 is 10.0 Å². The third-order valence-corrected chi connectivity index (χ3v) is 4.76. The molecule has 0 saturated carbocycles. The summed E-state index contributed by atoms with van der Waals surface area (Å²) in [5.74, 6) is -1.20. The molecule has 0 spiro atoms. The van der Waals surface area contributed by atoms with Crippen LogP contribution in [0.15, 0.2) is 47.0 Å². The normalized spacial score (nSPS) is 20.5. The number of carboxylic acids is 1. The highest BCUT2D eigenvalue weighted by Crippen LogP contribution is 2.37. The van der Waals surface area contributed by atoms with E-state index in [2.05, 4.69) is 0 Å². The standard InChI is InChI=1S/C16H12F3NO3S/c17-16(18,19)11-3-1-2-9(7-11)6-10-4-5-20-12(8-10)24-15(23)13(20)14(21)22/h1-4,7-8,13H,5-6H2,(H,21,22). The van der Waals surface area contributed by atoms with Gasteiger partial charge in [-0.05, 0) is 41.5 Å². The fourth-order valence-electron chi connectivity index (χ4n) is 2.66. The zero-order valence-corrected chi connectivity index (χ0v) is 13.0. The van der Waals surface area contributed by atoms with E-state index in [4.69, 9.17) is 5.11 Å². The molecule has 8 heteroatoms. The fraction of sp³-hybridized carbons (Fsp3) is 0.250. The third-order valence-electron chi connectivity index (χ3n) is 3.78. The summed E-state index contributed by atoms with van der Waals surface area (Å²) in [6.07, 6.45) is -0.712. The van der Waals surface area contributed by atoms with Crippen LogP contribution in [0.3, 0.4) is 0 Å². The number of nitrogens with zero attached hydrogens (tertiary/aromatic N) is 1. The van der Waals surface area contributed by atoms with E-state index < -0.39 is 28.9 Å². The summed E-state index contributed by atoms with van der Waals surface area (Å²) < 4.78 is 38.3. The number of fused-ring (bicyclic) bond motifs is 1. The number of carbonyl (C=O) groups is 2. The molecule has 4 nitrogen and oxygen atoms in total. The summed E-state index contributed by atoms with van der Waals surface area (Å²) in [6, 6.07) is 3.87. The van der Waals surface area contributed by atoms with Gasteiger partial charge in [-0.2, -0.15) is 13.2 Å². The number of carbonyl (C=O) groups excluding carboxylic acids is 1. The van der Waals surface area contributed by atoms with Crippen molar-refractivity contribution >= 4 is 22.8 Å². The number of thioether (sulfide) groups is 1. The largest absolute Gasteiger partial charge is 0.479 e. The van der Waals surface area contributed by atoms with Crippen molar-refractivity contribution in [3.05, 3.63) is 58.1 Å². The second-order valence-corrected chi connectivity index (χ2v) is 6.48. The molecule has 0 radical (unpaired) electrons. The second-order valence-electron chi connectivity index (χ2n) is 5.45. The monoisotopic (exact) mass is 355 g/mol. The van der Waals surface area contributed by atoms with Crippen molar-refractivity contribution in [3.63, 3.8) is 0 Å². The number of halogens is 3. The Labute approximate surface area is 139 Å². The minimum absolute atomic E-state index is 0.246. The molecule has 2 heterocycles. The predicted octanol–water partition coefficient (Wildman–Crippen LogP) is 3.06. The lowest BCUT2D eigenvalue weighted by Gasteiger charge is -2.25. The number of hydrogen-bond acceptors (Lipinski definition) is 4. The molecule has 3 rings (SSSR count). The summed E-state index contributed by atoms with van der Waals surface area (Å²) >= 11 is 0.854. The zero-order valence-electron chi connectivity index (χ0n) is 12.2. The zero-order chi connectivity index (χ0) is 17.5. The van der Waals surface area contributed by atoms with Crippen molar-refractivity contribution in [1.29, 1.82) is 0 Å². The van der Waals surface area contributed by atoms with Gasteiger partial charge in [-0.3, -0.25) is 4.79 Å². The van der Waals surface area contributed by atoms with Crippen molar-refractivity contribution in [2.75, 3.05) is 6.54 Å². The van der Waals surface area contributed by atoms with E-state index in [1.807, 2.05) is 0 Å². The number of allylic oxidation sites excluding steroid dienone is 2. The molecule has 0 amide bonds. The summed E-state index contributed by atoms with van der Waals surface area (Å²) in [5.41, 5.74) is 0.555. The van der Waals surface area contributed by atoms with Crippen LogP contribution >= 0.6 is 11.8 Å². The Morgan fingerprint density at radius 3 is 2.79 bits per heavy atom. The van der Waals surface area contributed by atoms with Gasteiger partial charge in [0.05, 0.1) is 10.6 Å². The lowest BCUT2D eigenvalue weighted by molar-refractivity contribution is -0.144. The summed E-state index contributed by atoms with van der Waals surface area (Å²) in [6.45, 7) is 0.246. The van der Waals surface area contributed by atoms with Gasteiger partial charge in [-0.15, -0.1) is 0 Å². The highest BCUT2D eigenvalue weighted by molar-refractivity contribution is 8.17. The van der Waals surface area contributed by atoms with Crippen LogP contribution < -0.4 is 0 Å². The summed E-state index contributed by atoms with van der Waals surface area (Å²) in [5, 5.41) is 9.17. The molecule has 1 atom stereocenters. The first-order chi connectivity index (χ1) is 11.3. The molecule has 1 saturated heterocycles. The number of carboxylic acid groups (broad SMARTS) is 1. The molecule has 2 aliphatic rings. The molecule has 1 aromatic carbocycles. The van der Waals surface area contributed by atoms with Crippen LogP contribution in [0.5, 0.6) is 0 Å². The minimum atomic E-state index is -4.39. The van der Waals surface area contributed by atoms with Gasteiger partial charge in [-0.25, -0.2) is 4.79 Å². The highest BCUT2D eigenvalue weighted by Gasteiger charge is 2.42. The summed E-state index contributed by atoms with van der Waals surface area (Å²) in [4.78, 5) is 24.4. The van der Waals surface area contributed by atoms with Gasteiger partial charge in [-0.1, -0.05) is 24.3 Å². The Morgan fingerprint density at radius 1 is 1.38 bits per heavy atom. The minimum Gasteiger partial charge on any atom is -0.479 e. The van der Waals surface area contributed by atoms with Gasteiger partial charge in [0.2, 0.25) is 5.12 Å². The lowest BCUT2D eigenvalue weighted by Crippen LogP contribution is -2.40. The molecular formula is C16H12F3NO3S. The van der Waals surface area contributed by atoms with Crippen LogP contribution in [0.1, 0.15) is 11.1 Å². The van der Waals surface area contributed by atoms with E-state index >= 15 is 0 Å². The quantitative estimate of drug-likeness (QED) is 0.845. The first-order valence-electron chi connectivity index (χ1n) is 7.04. The molecule has 1 N–H and O–H groups in total. The Morgan fingerprint density at radius 2 is 2.12 bits per heavy atom. The Bertz CT molecular complexity index is 770. The van der Waals surface area contributed by atoms with Gasteiger partial charge in [0.25, 0.3) is 0 Å². The number of rotatable bonds is 3. The maximum Gasteiger partial charge on any atom is 0.416 e. The summed E-state index contributed by atoms with van der Waals surface area (Å²) in [7, 11) is 0. The van der Waals surface area contributed by atoms with Crippen molar-refractivity contribution in [1.82, 2.24) is 4.90 Å². The van der Waals surface area contributed by atoms with E-state index in [0.29, 0.717) is 10.6 Å². The first kappa shape index (κ1) is 16.6. The maximum absolute atomic E-state index is 12.8. The predicted molar refractivity (Wildman–Crippen MR) is 82.0 cm³/mol. The maximum atomic E-state index is 12.8. The molecule has 2 aliphatic heterocycles. The average Bonchev–Trinajstić information content (AvgIpc) is 2.81. The molecule has 0 aromatic heterocycles. The molecule has 0 bridgehead atoms. The Kier molecular flexibility index (Phi) is 4.16. The van der Waals surface area contributed by atoms with Crippen LogP contribution in [0.2, 0.25) is 0 Å². The van der Waals surface area contributed by atoms with Crippen molar-refractivity contribution in [3.8, 4) is 0 Å². The van der Waals surface area contributed by atoms with Crippen LogP contribution in [0.25, 0.3) is 0 Å². The third kappa shape index (κ3) is 3.19. The SMILES string of the molecule is O=C(O)C1C(=O)SC2=CC(Cc3cccc(C(F)(F)F)c3)=CCN21. The van der Waals surface area contributed by atoms with E-state index in [-0.39, 0.29) is 13.0 Å². The molecule has 0 aliphatic carbocycles. The van der Waals surface area contributed by atoms with E-state index in [0.717, 1.165) is 29.5 Å². The highest BCUT2D eigenvalue weighted by atomic mass is 32.2. The van der Waals surface area contributed by atoms with Crippen molar-refractivity contribution in [2.24, 2.45) is 0 Å². The molecule has 1 unspecified atom stereocenters. The van der Waals surface area contributed by atoms with Gasteiger partial charge in [0.1, 0.15) is 0 Å². The topological polar surface area (TPSA) is 57.6 Å². The first-order valence-corrected chi connectivity index (χ1v) is 7.85. The van der Waals surface area contributed by atoms with Crippen LogP contribution in [0, 0.1) is 0 Å². The van der Waals surface area contributed by atoms with Gasteiger partial charge in [0.15, 0.2) is 6.04 Å². The molecular weight excluding hydrogens is 343 g/mol. The van der Waals surface area contributed by atoms with Crippen LogP contribution in [-0.4, -0.2) is 33.7 Å². The molecule has 1 fully saturated rings. The smallest absolute Gasteiger partial charge is 0.416 e. The number of alkyl halides is 3. The molecule has 1 aromatic rings. The lowest BCUT2D eigenvalue weighted by atomic mass is 10.0. The Hall–Kier alpha value is -2.22. The fourth-order valence-corrected chi connectivity index (χ4v) is 3.72. The number of aliphatic carboxylic acids is 1. The average molecular weight is 355 g/mol. The van der Waals surface area contributed by atoms with Gasteiger partial charge in [0, 0.05) is 6.54 Å². The number of hydrogen-bond donors (Lipinski definition) is 1. The van der Waals surface area contributed by atoms with E-state index in [1.54, 1.807) is 18.2 Å². The van der Waals surface area contributed by atoms with Crippen LogP contribution in [-0.2, 0) is 22.2 Å². The van der Waals surface area contributed by atoms with E-state index in [9.17, 15) is 22.8 Å².